The van der Waals surface area contributed by atoms with Crippen molar-refractivity contribution < 1.29 is 4.92 Å². The molecule has 0 aliphatic heterocycles. The molecule has 0 radical (unpaired) electrons. The third kappa shape index (κ3) is 2.48. The Bertz CT molecular complexity index is 476. The molecular formula is C13H17ClN2O2. The van der Waals surface area contributed by atoms with E-state index in [2.05, 4.69) is 4.98 Å². The lowest BCUT2D eigenvalue weighted by Gasteiger charge is -2.14. The van der Waals surface area contributed by atoms with E-state index in [1.807, 2.05) is 0 Å². The maximum absolute atomic E-state index is 11.0. The summed E-state index contributed by atoms with van der Waals surface area (Å²) in [5.41, 5.74) is 2.33. The van der Waals surface area contributed by atoms with Gasteiger partial charge in [0.15, 0.2) is 0 Å². The van der Waals surface area contributed by atoms with Gasteiger partial charge in [0.1, 0.15) is 0 Å². The molecule has 2 atom stereocenters. The number of alkyl halides is 1. The predicted molar refractivity (Wildman–Crippen MR) is 71.1 cm³/mol. The third-order valence-corrected chi connectivity index (χ3v) is 4.35. The van der Waals surface area contributed by atoms with Crippen molar-refractivity contribution in [1.29, 1.82) is 0 Å². The first-order chi connectivity index (χ1) is 8.50. The second-order valence-electron chi connectivity index (χ2n) is 5.03. The zero-order valence-corrected chi connectivity index (χ0v) is 11.4. The number of halogens is 1. The smallest absolute Gasteiger partial charge is 0.260 e. The van der Waals surface area contributed by atoms with Crippen molar-refractivity contribution in [2.75, 3.05) is 0 Å². The largest absolute Gasteiger partial charge is 0.278 e. The molecule has 1 heterocycles. The van der Waals surface area contributed by atoms with Crippen LogP contribution in [0.5, 0.6) is 0 Å². The molecule has 1 aliphatic carbocycles. The Morgan fingerprint density at radius 3 is 2.78 bits per heavy atom. The standard InChI is InChI=1S/C13H17ClN2O2/c1-8-7-15-12(9(2)13(8)16(17)18)6-10-4-3-5-11(10)14/h7,10-11H,3-6H2,1-2H3. The van der Waals surface area contributed by atoms with Crippen LogP contribution in [0.1, 0.15) is 36.1 Å². The van der Waals surface area contributed by atoms with Gasteiger partial charge in [-0.05, 0) is 39.0 Å². The van der Waals surface area contributed by atoms with Crippen molar-refractivity contribution >= 4 is 17.3 Å². The minimum atomic E-state index is -0.317. The summed E-state index contributed by atoms with van der Waals surface area (Å²) in [6, 6.07) is 0. The van der Waals surface area contributed by atoms with Crippen molar-refractivity contribution in [1.82, 2.24) is 4.98 Å². The molecule has 0 spiro atoms. The van der Waals surface area contributed by atoms with Gasteiger partial charge in [0.25, 0.3) is 5.69 Å². The molecule has 1 saturated carbocycles. The Balaban J connectivity index is 2.29. The Labute approximate surface area is 112 Å². The Hall–Kier alpha value is -1.16. The van der Waals surface area contributed by atoms with Gasteiger partial charge in [-0.2, -0.15) is 0 Å². The van der Waals surface area contributed by atoms with E-state index in [-0.39, 0.29) is 16.0 Å². The van der Waals surface area contributed by atoms with E-state index >= 15 is 0 Å². The van der Waals surface area contributed by atoms with Gasteiger partial charge in [-0.15, -0.1) is 11.6 Å². The van der Waals surface area contributed by atoms with E-state index in [4.69, 9.17) is 11.6 Å². The van der Waals surface area contributed by atoms with Crippen LogP contribution in [0, 0.1) is 29.9 Å². The molecule has 18 heavy (non-hydrogen) atoms. The van der Waals surface area contributed by atoms with Gasteiger partial charge in [-0.3, -0.25) is 15.1 Å². The number of aryl methyl sites for hydroxylation is 1. The molecule has 5 heteroatoms. The minimum Gasteiger partial charge on any atom is -0.260 e. The van der Waals surface area contributed by atoms with E-state index in [1.165, 1.54) is 0 Å². The molecule has 1 aromatic heterocycles. The first-order valence-corrected chi connectivity index (χ1v) is 6.68. The Morgan fingerprint density at radius 1 is 1.50 bits per heavy atom. The highest BCUT2D eigenvalue weighted by Gasteiger charge is 2.28. The van der Waals surface area contributed by atoms with Gasteiger partial charge in [0.2, 0.25) is 0 Å². The van der Waals surface area contributed by atoms with E-state index in [0.717, 1.165) is 31.4 Å². The number of aromatic nitrogens is 1. The predicted octanol–water partition coefficient (Wildman–Crippen LogP) is 3.56. The topological polar surface area (TPSA) is 56.0 Å². The van der Waals surface area contributed by atoms with Gasteiger partial charge in [0, 0.05) is 22.7 Å². The Morgan fingerprint density at radius 2 is 2.22 bits per heavy atom. The Kier molecular flexibility index (Phi) is 3.85. The van der Waals surface area contributed by atoms with Crippen molar-refractivity contribution in [2.24, 2.45) is 5.92 Å². The number of nitro groups is 1. The second kappa shape index (κ2) is 5.22. The van der Waals surface area contributed by atoms with Crippen molar-refractivity contribution in [3.8, 4) is 0 Å². The molecule has 1 aliphatic rings. The number of hydrogen-bond donors (Lipinski definition) is 0. The summed E-state index contributed by atoms with van der Waals surface area (Å²) in [5.74, 6) is 0.403. The molecule has 98 valence electrons. The zero-order valence-electron chi connectivity index (χ0n) is 10.6. The molecule has 2 unspecified atom stereocenters. The molecule has 0 N–H and O–H groups in total. The van der Waals surface area contributed by atoms with Crippen LogP contribution >= 0.6 is 11.6 Å². The van der Waals surface area contributed by atoms with Crippen LogP contribution in [0.3, 0.4) is 0 Å². The van der Waals surface area contributed by atoms with Crippen molar-refractivity contribution in [2.45, 2.75) is 44.9 Å². The molecule has 0 aromatic carbocycles. The fourth-order valence-corrected chi connectivity index (χ4v) is 3.09. The van der Waals surface area contributed by atoms with Crippen LogP contribution in [0.4, 0.5) is 5.69 Å². The van der Waals surface area contributed by atoms with Crippen LogP contribution in [-0.4, -0.2) is 15.3 Å². The fraction of sp³-hybridized carbons (Fsp3) is 0.615. The summed E-state index contributed by atoms with van der Waals surface area (Å²) in [6.45, 7) is 3.51. The lowest BCUT2D eigenvalue weighted by Crippen LogP contribution is -2.13. The number of hydrogen-bond acceptors (Lipinski definition) is 3. The highest BCUT2D eigenvalue weighted by molar-refractivity contribution is 6.20. The van der Waals surface area contributed by atoms with E-state index < -0.39 is 0 Å². The summed E-state index contributed by atoms with van der Waals surface area (Å²) in [7, 11) is 0. The average Bonchev–Trinajstić information content (AvgIpc) is 2.68. The van der Waals surface area contributed by atoms with Gasteiger partial charge in [0.05, 0.1) is 10.6 Å². The van der Waals surface area contributed by atoms with Crippen LogP contribution in [-0.2, 0) is 6.42 Å². The lowest BCUT2D eigenvalue weighted by atomic mass is 9.97. The molecule has 1 aromatic rings. The molecular weight excluding hydrogens is 252 g/mol. The summed E-state index contributed by atoms with van der Waals surface area (Å²) in [6.07, 6.45) is 5.63. The molecule has 0 saturated heterocycles. The molecule has 0 bridgehead atoms. The zero-order chi connectivity index (χ0) is 13.3. The van der Waals surface area contributed by atoms with Crippen molar-refractivity contribution in [3.05, 3.63) is 33.1 Å². The minimum absolute atomic E-state index is 0.187. The number of pyridine rings is 1. The van der Waals surface area contributed by atoms with Crippen LogP contribution in [0.2, 0.25) is 0 Å². The maximum atomic E-state index is 11.0. The van der Waals surface area contributed by atoms with E-state index in [0.29, 0.717) is 17.0 Å². The van der Waals surface area contributed by atoms with Gasteiger partial charge in [-0.1, -0.05) is 6.42 Å². The van der Waals surface area contributed by atoms with Crippen LogP contribution in [0.25, 0.3) is 0 Å². The summed E-state index contributed by atoms with van der Waals surface area (Å²) in [4.78, 5) is 15.1. The fourth-order valence-electron chi connectivity index (χ4n) is 2.72. The highest BCUT2D eigenvalue weighted by Crippen LogP contribution is 2.34. The molecule has 0 amide bonds. The lowest BCUT2D eigenvalue weighted by molar-refractivity contribution is -0.386. The number of nitrogens with zero attached hydrogens (tertiary/aromatic N) is 2. The summed E-state index contributed by atoms with van der Waals surface area (Å²) >= 11 is 6.25. The third-order valence-electron chi connectivity index (χ3n) is 3.78. The molecule has 2 rings (SSSR count). The van der Waals surface area contributed by atoms with E-state index in [1.54, 1.807) is 20.0 Å². The van der Waals surface area contributed by atoms with E-state index in [9.17, 15) is 10.1 Å². The van der Waals surface area contributed by atoms with Crippen LogP contribution in [0.15, 0.2) is 6.20 Å². The quantitative estimate of drug-likeness (QED) is 0.478. The van der Waals surface area contributed by atoms with Crippen LogP contribution < -0.4 is 0 Å². The second-order valence-corrected chi connectivity index (χ2v) is 5.59. The summed E-state index contributed by atoms with van der Waals surface area (Å²) in [5, 5.41) is 11.2. The SMILES string of the molecule is Cc1cnc(CC2CCCC2Cl)c(C)c1[N+](=O)[O-]. The molecule has 1 fully saturated rings. The first-order valence-electron chi connectivity index (χ1n) is 6.24. The van der Waals surface area contributed by atoms with Gasteiger partial charge in [-0.25, -0.2) is 0 Å². The van der Waals surface area contributed by atoms with Gasteiger partial charge < -0.3 is 0 Å². The number of rotatable bonds is 3. The maximum Gasteiger partial charge on any atom is 0.278 e. The van der Waals surface area contributed by atoms with Crippen molar-refractivity contribution in [3.63, 3.8) is 0 Å². The summed E-state index contributed by atoms with van der Waals surface area (Å²) < 4.78 is 0. The first kappa shape index (κ1) is 13.3. The highest BCUT2D eigenvalue weighted by atomic mass is 35.5. The monoisotopic (exact) mass is 268 g/mol. The molecule has 4 nitrogen and oxygen atoms in total. The normalized spacial score (nSPS) is 23.3. The van der Waals surface area contributed by atoms with Gasteiger partial charge >= 0.3 is 0 Å². The average molecular weight is 269 g/mol.